The van der Waals surface area contributed by atoms with Crippen LogP contribution >= 0.6 is 0 Å². The number of aromatic amines is 1. The van der Waals surface area contributed by atoms with Gasteiger partial charge in [0.05, 0.1) is 0 Å². The molecule has 0 saturated carbocycles. The third kappa shape index (κ3) is 1.83. The Kier molecular flexibility index (Phi) is 2.38. The second-order valence-corrected chi connectivity index (χ2v) is 5.63. The first-order valence-electron chi connectivity index (χ1n) is 6.94. The van der Waals surface area contributed by atoms with Crippen molar-refractivity contribution in [2.24, 2.45) is 0 Å². The number of fused-ring (bicyclic) bond motifs is 3. The zero-order valence-electron chi connectivity index (χ0n) is 10.6. The lowest BCUT2D eigenvalue weighted by Crippen LogP contribution is -2.43. The van der Waals surface area contributed by atoms with Gasteiger partial charge >= 0.3 is 0 Å². The Balaban J connectivity index is 1.53. The van der Waals surface area contributed by atoms with Crippen LogP contribution in [0, 0.1) is 0 Å². The molecule has 4 heteroatoms. The lowest BCUT2D eigenvalue weighted by Gasteiger charge is -2.21. The quantitative estimate of drug-likeness (QED) is 0.766. The molecule has 2 aliphatic rings. The highest BCUT2D eigenvalue weighted by Gasteiger charge is 2.39. The molecule has 1 aromatic heterocycles. The van der Waals surface area contributed by atoms with Crippen molar-refractivity contribution in [3.05, 3.63) is 36.0 Å². The van der Waals surface area contributed by atoms with Crippen LogP contribution < -0.4 is 10.6 Å². The fourth-order valence-electron chi connectivity index (χ4n) is 3.43. The van der Waals surface area contributed by atoms with Gasteiger partial charge in [0, 0.05) is 29.0 Å². The number of hydrogen-bond acceptors (Lipinski definition) is 2. The molecule has 19 heavy (non-hydrogen) atoms. The van der Waals surface area contributed by atoms with Gasteiger partial charge in [0.25, 0.3) is 5.91 Å². The summed E-state index contributed by atoms with van der Waals surface area (Å²) in [7, 11) is 0. The summed E-state index contributed by atoms with van der Waals surface area (Å²) in [5.41, 5.74) is 1.67. The molecule has 1 amide bonds. The minimum absolute atomic E-state index is 0.00977. The first-order valence-corrected chi connectivity index (χ1v) is 6.94. The van der Waals surface area contributed by atoms with Gasteiger partial charge < -0.3 is 15.6 Å². The van der Waals surface area contributed by atoms with Crippen LogP contribution in [0.2, 0.25) is 0 Å². The zero-order chi connectivity index (χ0) is 12.8. The van der Waals surface area contributed by atoms with Crippen molar-refractivity contribution in [3.8, 4) is 0 Å². The largest absolute Gasteiger partial charge is 0.351 e. The van der Waals surface area contributed by atoms with E-state index in [1.54, 1.807) is 0 Å². The number of para-hydroxylation sites is 1. The number of amides is 1. The van der Waals surface area contributed by atoms with Gasteiger partial charge in [-0.05, 0) is 31.4 Å². The Morgan fingerprint density at radius 1 is 1.26 bits per heavy atom. The number of hydrogen-bond donors (Lipinski definition) is 3. The van der Waals surface area contributed by atoms with Crippen molar-refractivity contribution in [3.63, 3.8) is 0 Å². The molecule has 2 aromatic rings. The third-order valence-electron chi connectivity index (χ3n) is 4.39. The Morgan fingerprint density at radius 2 is 2.16 bits per heavy atom. The second kappa shape index (κ2) is 4.10. The van der Waals surface area contributed by atoms with Crippen LogP contribution in [-0.4, -0.2) is 29.0 Å². The molecule has 2 aliphatic heterocycles. The van der Waals surface area contributed by atoms with Crippen molar-refractivity contribution < 1.29 is 4.79 Å². The number of aromatic nitrogens is 1. The van der Waals surface area contributed by atoms with Gasteiger partial charge in [0.1, 0.15) is 5.69 Å². The first-order chi connectivity index (χ1) is 9.29. The van der Waals surface area contributed by atoms with Crippen molar-refractivity contribution >= 4 is 16.8 Å². The molecule has 3 N–H and O–H groups in total. The average molecular weight is 255 g/mol. The Labute approximate surface area is 111 Å². The molecule has 2 fully saturated rings. The highest BCUT2D eigenvalue weighted by molar-refractivity contribution is 5.98. The van der Waals surface area contributed by atoms with Gasteiger partial charge in [-0.15, -0.1) is 0 Å². The number of benzene rings is 1. The number of H-pyrrole nitrogens is 1. The lowest BCUT2D eigenvalue weighted by atomic mass is 9.95. The predicted molar refractivity (Wildman–Crippen MR) is 74.1 cm³/mol. The normalized spacial score (nSPS) is 28.9. The number of nitrogens with one attached hydrogen (secondary N) is 3. The standard InChI is InChI=1S/C15H17N3O/c19-15(18-13-8-10-5-6-12(13)16-10)14-7-9-3-1-2-4-11(9)17-14/h1-4,7,10,12-13,16-17H,5-6,8H2,(H,18,19)/t10-,12+,13-/m1/s1. The first kappa shape index (κ1) is 11.1. The molecule has 4 rings (SSSR count). The van der Waals surface area contributed by atoms with Gasteiger partial charge in [-0.3, -0.25) is 4.79 Å². The molecule has 4 nitrogen and oxygen atoms in total. The molecule has 0 spiro atoms. The van der Waals surface area contributed by atoms with E-state index in [2.05, 4.69) is 15.6 Å². The van der Waals surface area contributed by atoms with Crippen LogP contribution in [-0.2, 0) is 0 Å². The molecule has 0 aliphatic carbocycles. The average Bonchev–Trinajstić information content (AvgIpc) is 3.12. The summed E-state index contributed by atoms with van der Waals surface area (Å²) in [6.07, 6.45) is 3.50. The van der Waals surface area contributed by atoms with Gasteiger partial charge in [-0.25, -0.2) is 0 Å². The minimum atomic E-state index is 0.00977. The van der Waals surface area contributed by atoms with Crippen LogP contribution in [0.5, 0.6) is 0 Å². The van der Waals surface area contributed by atoms with E-state index in [9.17, 15) is 4.79 Å². The minimum Gasteiger partial charge on any atom is -0.351 e. The van der Waals surface area contributed by atoms with Gasteiger partial charge in [0.15, 0.2) is 0 Å². The van der Waals surface area contributed by atoms with Crippen LogP contribution in [0.1, 0.15) is 29.8 Å². The maximum absolute atomic E-state index is 12.3. The zero-order valence-corrected chi connectivity index (χ0v) is 10.6. The number of rotatable bonds is 2. The lowest BCUT2D eigenvalue weighted by molar-refractivity contribution is 0.0927. The molecular weight excluding hydrogens is 238 g/mol. The Hall–Kier alpha value is -1.81. The van der Waals surface area contributed by atoms with E-state index in [0.29, 0.717) is 17.8 Å². The fourth-order valence-corrected chi connectivity index (χ4v) is 3.43. The summed E-state index contributed by atoms with van der Waals surface area (Å²) in [5, 5.41) is 7.77. The summed E-state index contributed by atoms with van der Waals surface area (Å²) in [4.78, 5) is 15.5. The van der Waals surface area contributed by atoms with Crippen LogP contribution in [0.25, 0.3) is 10.9 Å². The summed E-state index contributed by atoms with van der Waals surface area (Å²) in [6.45, 7) is 0. The highest BCUT2D eigenvalue weighted by atomic mass is 16.2. The molecule has 98 valence electrons. The van der Waals surface area contributed by atoms with E-state index in [1.807, 2.05) is 30.3 Å². The molecule has 3 atom stereocenters. The SMILES string of the molecule is O=C(N[C@@H]1C[C@H]2CC[C@@H]1N2)c1cc2ccccc2[nH]1. The van der Waals surface area contributed by atoms with Crippen molar-refractivity contribution in [2.75, 3.05) is 0 Å². The summed E-state index contributed by atoms with van der Waals surface area (Å²) < 4.78 is 0. The van der Waals surface area contributed by atoms with Crippen LogP contribution in [0.15, 0.2) is 30.3 Å². The van der Waals surface area contributed by atoms with Crippen molar-refractivity contribution in [2.45, 2.75) is 37.4 Å². The van der Waals surface area contributed by atoms with Gasteiger partial charge in [0.2, 0.25) is 0 Å². The van der Waals surface area contributed by atoms with E-state index in [0.717, 1.165) is 17.3 Å². The second-order valence-electron chi connectivity index (χ2n) is 5.63. The van der Waals surface area contributed by atoms with Gasteiger partial charge in [-0.2, -0.15) is 0 Å². The molecule has 3 heterocycles. The van der Waals surface area contributed by atoms with E-state index >= 15 is 0 Å². The van der Waals surface area contributed by atoms with Crippen LogP contribution in [0.3, 0.4) is 0 Å². The maximum atomic E-state index is 12.3. The Morgan fingerprint density at radius 3 is 2.89 bits per heavy atom. The smallest absolute Gasteiger partial charge is 0.268 e. The molecule has 0 radical (unpaired) electrons. The van der Waals surface area contributed by atoms with E-state index in [1.165, 1.54) is 12.8 Å². The van der Waals surface area contributed by atoms with E-state index in [-0.39, 0.29) is 11.9 Å². The van der Waals surface area contributed by atoms with Gasteiger partial charge in [-0.1, -0.05) is 18.2 Å². The fraction of sp³-hybridized carbons (Fsp3) is 0.400. The Bertz CT molecular complexity index is 600. The number of carbonyl (C=O) groups excluding carboxylic acids is 1. The predicted octanol–water partition coefficient (Wildman–Crippen LogP) is 1.79. The highest BCUT2D eigenvalue weighted by Crippen LogP contribution is 2.28. The molecule has 2 saturated heterocycles. The number of carbonyl (C=O) groups is 1. The topological polar surface area (TPSA) is 56.9 Å². The molecule has 2 bridgehead atoms. The molecule has 1 aromatic carbocycles. The van der Waals surface area contributed by atoms with Crippen molar-refractivity contribution in [1.29, 1.82) is 0 Å². The van der Waals surface area contributed by atoms with Crippen molar-refractivity contribution in [1.82, 2.24) is 15.6 Å². The monoisotopic (exact) mass is 255 g/mol. The molecule has 0 unspecified atom stereocenters. The summed E-state index contributed by atoms with van der Waals surface area (Å²) in [6, 6.07) is 11.3. The van der Waals surface area contributed by atoms with E-state index < -0.39 is 0 Å². The third-order valence-corrected chi connectivity index (χ3v) is 4.39. The maximum Gasteiger partial charge on any atom is 0.268 e. The summed E-state index contributed by atoms with van der Waals surface area (Å²) >= 11 is 0. The molecular formula is C15H17N3O. The van der Waals surface area contributed by atoms with Crippen LogP contribution in [0.4, 0.5) is 0 Å². The summed E-state index contributed by atoms with van der Waals surface area (Å²) in [5.74, 6) is 0.00977. The van der Waals surface area contributed by atoms with E-state index in [4.69, 9.17) is 0 Å².